The van der Waals surface area contributed by atoms with E-state index in [0.717, 1.165) is 0 Å². The Labute approximate surface area is 106 Å². The summed E-state index contributed by atoms with van der Waals surface area (Å²) in [5.41, 5.74) is 0.916. The lowest BCUT2D eigenvalue weighted by Crippen LogP contribution is -2.14. The van der Waals surface area contributed by atoms with E-state index < -0.39 is 12.1 Å². The summed E-state index contributed by atoms with van der Waals surface area (Å²) >= 11 is 0. The number of carbonyl (C=O) groups excluding carboxylic acids is 2. The van der Waals surface area contributed by atoms with Crippen LogP contribution in [0.3, 0.4) is 0 Å². The van der Waals surface area contributed by atoms with Crippen molar-refractivity contribution >= 4 is 17.6 Å². The van der Waals surface area contributed by atoms with Crippen LogP contribution in [0.15, 0.2) is 24.3 Å². The van der Waals surface area contributed by atoms with Gasteiger partial charge in [-0.2, -0.15) is 0 Å². The highest BCUT2D eigenvalue weighted by Gasteiger charge is 2.08. The summed E-state index contributed by atoms with van der Waals surface area (Å²) in [5.74, 6) is -0.645. The van der Waals surface area contributed by atoms with E-state index in [4.69, 9.17) is 5.11 Å². The second-order valence-corrected chi connectivity index (χ2v) is 4.01. The molecule has 1 atom stereocenters. The molecule has 0 radical (unpaired) electrons. The monoisotopic (exact) mass is 251 g/mol. The van der Waals surface area contributed by atoms with Crippen LogP contribution in [0.5, 0.6) is 0 Å². The van der Waals surface area contributed by atoms with Crippen LogP contribution in [0.1, 0.15) is 30.1 Å². The molecule has 0 fully saturated rings. The van der Waals surface area contributed by atoms with Crippen molar-refractivity contribution in [3.05, 3.63) is 29.8 Å². The first-order valence-corrected chi connectivity index (χ1v) is 5.69. The smallest absolute Gasteiger partial charge is 0.337 e. The number of methoxy groups -OCH3 is 1. The Morgan fingerprint density at radius 1 is 1.44 bits per heavy atom. The standard InChI is InChI=1S/C13H17NO4/c1-9(15)6-7-12(16)14-11-5-3-4-10(8-11)13(17)18-2/h3-5,8-9,15H,6-7H2,1-2H3,(H,14,16). The number of hydrogen-bond acceptors (Lipinski definition) is 4. The molecule has 1 aromatic rings. The highest BCUT2D eigenvalue weighted by atomic mass is 16.5. The number of hydrogen-bond donors (Lipinski definition) is 2. The van der Waals surface area contributed by atoms with Crippen molar-refractivity contribution in [2.75, 3.05) is 12.4 Å². The third-order valence-corrected chi connectivity index (χ3v) is 2.36. The third kappa shape index (κ3) is 4.55. The Morgan fingerprint density at radius 3 is 2.78 bits per heavy atom. The summed E-state index contributed by atoms with van der Waals surface area (Å²) in [6.45, 7) is 1.63. The van der Waals surface area contributed by atoms with Gasteiger partial charge in [-0.25, -0.2) is 4.79 Å². The van der Waals surface area contributed by atoms with Crippen LogP contribution >= 0.6 is 0 Å². The van der Waals surface area contributed by atoms with Gasteiger partial charge in [0, 0.05) is 12.1 Å². The first-order valence-electron chi connectivity index (χ1n) is 5.69. The fourth-order valence-corrected chi connectivity index (χ4v) is 1.41. The number of benzene rings is 1. The van der Waals surface area contributed by atoms with E-state index in [1.54, 1.807) is 31.2 Å². The van der Waals surface area contributed by atoms with E-state index in [1.807, 2.05) is 0 Å². The van der Waals surface area contributed by atoms with Gasteiger partial charge in [0.1, 0.15) is 0 Å². The Bertz CT molecular complexity index is 429. The summed E-state index contributed by atoms with van der Waals surface area (Å²) in [5, 5.41) is 11.7. The normalized spacial score (nSPS) is 11.7. The van der Waals surface area contributed by atoms with Gasteiger partial charge >= 0.3 is 5.97 Å². The highest BCUT2D eigenvalue weighted by molar-refractivity contribution is 5.94. The zero-order chi connectivity index (χ0) is 13.5. The topological polar surface area (TPSA) is 75.6 Å². The predicted molar refractivity (Wildman–Crippen MR) is 67.3 cm³/mol. The Balaban J connectivity index is 2.62. The lowest BCUT2D eigenvalue weighted by molar-refractivity contribution is -0.116. The number of ether oxygens (including phenoxy) is 1. The molecule has 1 rings (SSSR count). The van der Waals surface area contributed by atoms with Crippen molar-refractivity contribution in [1.82, 2.24) is 0 Å². The highest BCUT2D eigenvalue weighted by Crippen LogP contribution is 2.12. The maximum Gasteiger partial charge on any atom is 0.337 e. The zero-order valence-electron chi connectivity index (χ0n) is 10.5. The fourth-order valence-electron chi connectivity index (χ4n) is 1.41. The molecule has 5 nitrogen and oxygen atoms in total. The molecule has 5 heteroatoms. The van der Waals surface area contributed by atoms with Gasteiger partial charge < -0.3 is 15.2 Å². The van der Waals surface area contributed by atoms with E-state index in [2.05, 4.69) is 10.1 Å². The molecule has 0 spiro atoms. The predicted octanol–water partition coefficient (Wildman–Crippen LogP) is 1.57. The molecule has 0 aliphatic rings. The maximum atomic E-state index is 11.5. The number of rotatable bonds is 5. The van der Waals surface area contributed by atoms with Crippen molar-refractivity contribution in [2.45, 2.75) is 25.9 Å². The van der Waals surface area contributed by atoms with Crippen LogP contribution in [-0.4, -0.2) is 30.2 Å². The minimum Gasteiger partial charge on any atom is -0.465 e. The largest absolute Gasteiger partial charge is 0.465 e. The second kappa shape index (κ2) is 6.76. The zero-order valence-corrected chi connectivity index (χ0v) is 10.5. The molecule has 2 N–H and O–H groups in total. The van der Waals surface area contributed by atoms with Gasteiger partial charge in [0.25, 0.3) is 0 Å². The summed E-state index contributed by atoms with van der Waals surface area (Å²) in [4.78, 5) is 22.8. The number of aliphatic hydroxyl groups excluding tert-OH is 1. The van der Waals surface area contributed by atoms with Crippen molar-refractivity contribution in [3.63, 3.8) is 0 Å². The molecule has 1 unspecified atom stereocenters. The van der Waals surface area contributed by atoms with Crippen LogP contribution in [0.4, 0.5) is 5.69 Å². The van der Waals surface area contributed by atoms with Gasteiger partial charge in [-0.1, -0.05) is 6.07 Å². The Morgan fingerprint density at radius 2 is 2.17 bits per heavy atom. The van der Waals surface area contributed by atoms with Gasteiger partial charge in [-0.15, -0.1) is 0 Å². The van der Waals surface area contributed by atoms with Crippen molar-refractivity contribution in [1.29, 1.82) is 0 Å². The van der Waals surface area contributed by atoms with Crippen LogP contribution in [-0.2, 0) is 9.53 Å². The van der Waals surface area contributed by atoms with Crippen LogP contribution in [0, 0.1) is 0 Å². The molecule has 0 saturated carbocycles. The third-order valence-electron chi connectivity index (χ3n) is 2.36. The average molecular weight is 251 g/mol. The molecule has 1 aromatic carbocycles. The average Bonchev–Trinajstić information content (AvgIpc) is 2.35. The molecular formula is C13H17NO4. The molecule has 98 valence electrons. The van der Waals surface area contributed by atoms with E-state index in [-0.39, 0.29) is 12.3 Å². The summed E-state index contributed by atoms with van der Waals surface area (Å²) in [6.07, 6.45) is 0.139. The summed E-state index contributed by atoms with van der Waals surface area (Å²) < 4.78 is 4.59. The SMILES string of the molecule is COC(=O)c1cccc(NC(=O)CCC(C)O)c1. The summed E-state index contributed by atoms with van der Waals surface area (Å²) in [7, 11) is 1.30. The number of anilines is 1. The van der Waals surface area contributed by atoms with Gasteiger partial charge in [-0.3, -0.25) is 4.79 Å². The first kappa shape index (κ1) is 14.2. The molecule has 0 bridgehead atoms. The van der Waals surface area contributed by atoms with Crippen molar-refractivity contribution in [2.24, 2.45) is 0 Å². The summed E-state index contributed by atoms with van der Waals surface area (Å²) in [6, 6.07) is 6.51. The molecule has 0 aliphatic carbocycles. The van der Waals surface area contributed by atoms with E-state index in [0.29, 0.717) is 17.7 Å². The maximum absolute atomic E-state index is 11.5. The fraction of sp³-hybridized carbons (Fsp3) is 0.385. The Kier molecular flexibility index (Phi) is 5.32. The van der Waals surface area contributed by atoms with Gasteiger partial charge in [-0.05, 0) is 31.5 Å². The van der Waals surface area contributed by atoms with Crippen molar-refractivity contribution < 1.29 is 19.4 Å². The Hall–Kier alpha value is -1.88. The lowest BCUT2D eigenvalue weighted by Gasteiger charge is -2.07. The van der Waals surface area contributed by atoms with Crippen LogP contribution in [0.25, 0.3) is 0 Å². The minimum absolute atomic E-state index is 0.196. The molecule has 0 aliphatic heterocycles. The molecule has 1 amide bonds. The van der Waals surface area contributed by atoms with Gasteiger partial charge in [0.15, 0.2) is 0 Å². The van der Waals surface area contributed by atoms with Crippen LogP contribution in [0.2, 0.25) is 0 Å². The number of carbonyl (C=O) groups is 2. The van der Waals surface area contributed by atoms with E-state index >= 15 is 0 Å². The van der Waals surface area contributed by atoms with Crippen molar-refractivity contribution in [3.8, 4) is 0 Å². The number of esters is 1. The number of nitrogens with one attached hydrogen (secondary N) is 1. The lowest BCUT2D eigenvalue weighted by atomic mass is 10.2. The van der Waals surface area contributed by atoms with Gasteiger partial charge in [0.2, 0.25) is 5.91 Å². The van der Waals surface area contributed by atoms with Crippen LogP contribution < -0.4 is 5.32 Å². The van der Waals surface area contributed by atoms with E-state index in [9.17, 15) is 9.59 Å². The quantitative estimate of drug-likeness (QED) is 0.779. The minimum atomic E-state index is -0.503. The molecule has 0 heterocycles. The molecule has 0 aromatic heterocycles. The first-order chi connectivity index (χ1) is 8.52. The molecule has 0 saturated heterocycles. The molecular weight excluding hydrogens is 234 g/mol. The molecule has 18 heavy (non-hydrogen) atoms. The van der Waals surface area contributed by atoms with E-state index in [1.165, 1.54) is 7.11 Å². The second-order valence-electron chi connectivity index (χ2n) is 4.01. The number of amides is 1. The van der Waals surface area contributed by atoms with Gasteiger partial charge in [0.05, 0.1) is 18.8 Å². The number of aliphatic hydroxyl groups is 1.